The number of hydrogen-bond donors (Lipinski definition) is 2. The maximum absolute atomic E-state index is 14.0. The van der Waals surface area contributed by atoms with Gasteiger partial charge < -0.3 is 29.5 Å². The molecule has 3 aliphatic heterocycles. The highest BCUT2D eigenvalue weighted by Crippen LogP contribution is 2.43. The number of methoxy groups -OCH3 is 1. The number of amides is 3. The molecule has 10 heteroatoms. The summed E-state index contributed by atoms with van der Waals surface area (Å²) in [6.45, 7) is 1.72. The third-order valence-corrected chi connectivity index (χ3v) is 6.85. The smallest absolute Gasteiger partial charge is 0.329 e. The highest BCUT2D eigenvalue weighted by Gasteiger charge is 2.55. The van der Waals surface area contributed by atoms with Crippen LogP contribution >= 0.6 is 15.9 Å². The number of likely N-dealkylation sites (tertiary alicyclic amines) is 1. The summed E-state index contributed by atoms with van der Waals surface area (Å²) in [4.78, 5) is 29.8. The third kappa shape index (κ3) is 3.67. The number of halogens is 1. The second-order valence-electron chi connectivity index (χ2n) is 8.23. The monoisotopic (exact) mass is 517 g/mol. The zero-order valence-electron chi connectivity index (χ0n) is 18.0. The predicted molar refractivity (Wildman–Crippen MR) is 123 cm³/mol. The molecule has 2 saturated heterocycles. The average molecular weight is 518 g/mol. The molecular weight excluding hydrogens is 494 g/mol. The van der Waals surface area contributed by atoms with E-state index in [1.165, 1.54) is 7.11 Å². The number of urea groups is 1. The SMILES string of the molecule is COc1cccc(N2C(=O)Nc3ccc(Br)cc3[C@]2(O)C(=O)N2CCC3(CC2)OCCO3)c1. The lowest BCUT2D eigenvalue weighted by molar-refractivity contribution is -0.192. The molecule has 2 fully saturated rings. The van der Waals surface area contributed by atoms with Crippen LogP contribution in [0.2, 0.25) is 0 Å². The molecule has 1 spiro atoms. The molecule has 2 N–H and O–H groups in total. The Balaban J connectivity index is 1.57. The van der Waals surface area contributed by atoms with Gasteiger partial charge in [0.15, 0.2) is 5.79 Å². The zero-order chi connectivity index (χ0) is 23.2. The summed E-state index contributed by atoms with van der Waals surface area (Å²) in [6, 6.07) is 11.1. The number of carbonyl (C=O) groups is 2. The quantitative estimate of drug-likeness (QED) is 0.648. The number of ether oxygens (including phenoxy) is 3. The van der Waals surface area contributed by atoms with Crippen LogP contribution in [0, 0.1) is 0 Å². The first kappa shape index (κ1) is 22.1. The van der Waals surface area contributed by atoms with Gasteiger partial charge in [-0.1, -0.05) is 22.0 Å². The predicted octanol–water partition coefficient (Wildman–Crippen LogP) is 3.02. The molecule has 174 valence electrons. The molecule has 0 unspecified atom stereocenters. The Morgan fingerprint density at radius 2 is 1.88 bits per heavy atom. The van der Waals surface area contributed by atoms with Crippen molar-refractivity contribution in [3.05, 3.63) is 52.5 Å². The summed E-state index contributed by atoms with van der Waals surface area (Å²) in [5, 5.41) is 14.9. The van der Waals surface area contributed by atoms with E-state index < -0.39 is 23.5 Å². The van der Waals surface area contributed by atoms with Crippen LogP contribution in [0.4, 0.5) is 16.2 Å². The number of nitrogens with zero attached hydrogens (tertiary/aromatic N) is 2. The molecule has 2 aromatic carbocycles. The molecule has 3 heterocycles. The number of nitrogens with one attached hydrogen (secondary N) is 1. The Morgan fingerprint density at radius 1 is 1.15 bits per heavy atom. The van der Waals surface area contributed by atoms with Crippen molar-refractivity contribution in [2.24, 2.45) is 0 Å². The van der Waals surface area contributed by atoms with Crippen LogP contribution in [0.1, 0.15) is 18.4 Å². The minimum atomic E-state index is -2.27. The first-order valence-corrected chi connectivity index (χ1v) is 11.5. The van der Waals surface area contributed by atoms with Gasteiger partial charge in [0.25, 0.3) is 11.6 Å². The molecule has 0 radical (unpaired) electrons. The zero-order valence-corrected chi connectivity index (χ0v) is 19.6. The van der Waals surface area contributed by atoms with Crippen LogP contribution < -0.4 is 15.0 Å². The van der Waals surface area contributed by atoms with Gasteiger partial charge in [-0.3, -0.25) is 9.69 Å². The van der Waals surface area contributed by atoms with Crippen molar-refractivity contribution in [2.45, 2.75) is 24.4 Å². The standard InChI is InChI=1S/C23H24BrN3O6/c1-31-17-4-2-3-16(14-17)27-21(29)25-19-6-5-15(24)13-18(19)23(27,30)20(28)26-9-7-22(8-10-26)32-11-12-33-22/h2-6,13-14,30H,7-12H2,1H3,(H,25,29)/t23-/m0/s1. The van der Waals surface area contributed by atoms with Crippen LogP contribution in [0.25, 0.3) is 0 Å². The van der Waals surface area contributed by atoms with E-state index >= 15 is 0 Å². The Bertz CT molecular complexity index is 1100. The van der Waals surface area contributed by atoms with Crippen LogP contribution in [-0.4, -0.2) is 61.1 Å². The van der Waals surface area contributed by atoms with E-state index in [-0.39, 0.29) is 5.56 Å². The van der Waals surface area contributed by atoms with E-state index in [0.29, 0.717) is 60.7 Å². The van der Waals surface area contributed by atoms with Gasteiger partial charge in [-0.25, -0.2) is 4.79 Å². The van der Waals surface area contributed by atoms with Crippen LogP contribution in [0.5, 0.6) is 5.75 Å². The fourth-order valence-electron chi connectivity index (χ4n) is 4.67. The lowest BCUT2D eigenvalue weighted by Crippen LogP contribution is -2.64. The maximum Gasteiger partial charge on any atom is 0.329 e. The van der Waals surface area contributed by atoms with Crippen molar-refractivity contribution in [3.8, 4) is 5.75 Å². The Hall–Kier alpha value is -2.66. The molecule has 1 atom stereocenters. The van der Waals surface area contributed by atoms with Crippen LogP contribution in [0.15, 0.2) is 46.9 Å². The van der Waals surface area contributed by atoms with Crippen LogP contribution in [0.3, 0.4) is 0 Å². The van der Waals surface area contributed by atoms with E-state index in [0.717, 1.165) is 4.90 Å². The molecule has 0 bridgehead atoms. The largest absolute Gasteiger partial charge is 0.497 e. The van der Waals surface area contributed by atoms with E-state index in [1.807, 2.05) is 0 Å². The van der Waals surface area contributed by atoms with Gasteiger partial charge in [0.05, 0.1) is 31.7 Å². The second kappa shape index (κ2) is 8.28. The first-order chi connectivity index (χ1) is 15.9. The third-order valence-electron chi connectivity index (χ3n) is 6.36. The number of anilines is 2. The number of rotatable bonds is 3. The Labute approximate surface area is 199 Å². The molecule has 0 aromatic heterocycles. The number of aliphatic hydroxyl groups is 1. The van der Waals surface area contributed by atoms with Crippen molar-refractivity contribution in [2.75, 3.05) is 43.6 Å². The minimum absolute atomic E-state index is 0.276. The molecule has 0 saturated carbocycles. The number of carbonyl (C=O) groups excluding carboxylic acids is 2. The lowest BCUT2D eigenvalue weighted by atomic mass is 9.93. The van der Waals surface area contributed by atoms with Gasteiger partial charge in [0.1, 0.15) is 5.75 Å². The highest BCUT2D eigenvalue weighted by atomic mass is 79.9. The van der Waals surface area contributed by atoms with Crippen LogP contribution in [-0.2, 0) is 20.0 Å². The van der Waals surface area contributed by atoms with Gasteiger partial charge in [0.2, 0.25) is 0 Å². The van der Waals surface area contributed by atoms with Crippen molar-refractivity contribution in [1.82, 2.24) is 4.90 Å². The summed E-state index contributed by atoms with van der Waals surface area (Å²) in [6.07, 6.45) is 0.983. The number of piperidine rings is 1. The summed E-state index contributed by atoms with van der Waals surface area (Å²) >= 11 is 3.42. The number of benzene rings is 2. The topological polar surface area (TPSA) is 101 Å². The fourth-order valence-corrected chi connectivity index (χ4v) is 5.03. The van der Waals surface area contributed by atoms with E-state index in [2.05, 4.69) is 21.2 Å². The molecule has 3 amide bonds. The molecule has 33 heavy (non-hydrogen) atoms. The van der Waals surface area contributed by atoms with Gasteiger partial charge in [-0.05, 0) is 30.3 Å². The molecule has 9 nitrogen and oxygen atoms in total. The average Bonchev–Trinajstić information content (AvgIpc) is 3.27. The summed E-state index contributed by atoms with van der Waals surface area (Å²) in [5.74, 6) is -0.769. The van der Waals surface area contributed by atoms with Crippen molar-refractivity contribution in [1.29, 1.82) is 0 Å². The molecule has 5 rings (SSSR count). The number of fused-ring (bicyclic) bond motifs is 1. The lowest BCUT2D eigenvalue weighted by Gasteiger charge is -2.46. The first-order valence-electron chi connectivity index (χ1n) is 10.7. The molecule has 2 aromatic rings. The summed E-state index contributed by atoms with van der Waals surface area (Å²) in [5.41, 5.74) is -1.30. The van der Waals surface area contributed by atoms with Crippen molar-refractivity contribution >= 4 is 39.2 Å². The van der Waals surface area contributed by atoms with Gasteiger partial charge in [-0.2, -0.15) is 0 Å². The second-order valence-corrected chi connectivity index (χ2v) is 9.14. The van der Waals surface area contributed by atoms with Gasteiger partial charge in [0, 0.05) is 42.0 Å². The van der Waals surface area contributed by atoms with E-state index in [4.69, 9.17) is 14.2 Å². The Kier molecular flexibility index (Phi) is 5.56. The van der Waals surface area contributed by atoms with E-state index in [1.54, 1.807) is 47.4 Å². The highest BCUT2D eigenvalue weighted by molar-refractivity contribution is 9.10. The van der Waals surface area contributed by atoms with Crippen molar-refractivity contribution < 1.29 is 28.9 Å². The summed E-state index contributed by atoms with van der Waals surface area (Å²) in [7, 11) is 1.51. The van der Waals surface area contributed by atoms with Crippen molar-refractivity contribution in [3.63, 3.8) is 0 Å². The normalized spacial score (nSPS) is 23.9. The number of hydrogen-bond acceptors (Lipinski definition) is 6. The molecular formula is C23H24BrN3O6. The van der Waals surface area contributed by atoms with Gasteiger partial charge in [-0.15, -0.1) is 0 Å². The molecule has 3 aliphatic rings. The van der Waals surface area contributed by atoms with Gasteiger partial charge >= 0.3 is 6.03 Å². The fraction of sp³-hybridized carbons (Fsp3) is 0.391. The van der Waals surface area contributed by atoms with E-state index in [9.17, 15) is 14.7 Å². The summed E-state index contributed by atoms with van der Waals surface area (Å²) < 4.78 is 17.5. The maximum atomic E-state index is 14.0. The molecule has 0 aliphatic carbocycles. The Morgan fingerprint density at radius 3 is 2.58 bits per heavy atom. The minimum Gasteiger partial charge on any atom is -0.497 e.